The van der Waals surface area contributed by atoms with Crippen LogP contribution in [0.4, 0.5) is 0 Å². The Balaban J connectivity index is 3.14. The second-order valence-electron chi connectivity index (χ2n) is 6.34. The largest absolute Gasteiger partial charge is 0.329 e. The summed E-state index contributed by atoms with van der Waals surface area (Å²) in [4.78, 5) is 0. The van der Waals surface area contributed by atoms with Crippen molar-refractivity contribution in [3.8, 4) is 0 Å². The normalized spacial score (nSPS) is 28.0. The topological polar surface area (TPSA) is 97.5 Å². The molecule has 1 aliphatic rings. The molecule has 0 atom stereocenters. The van der Waals surface area contributed by atoms with E-state index >= 15 is 0 Å². The third kappa shape index (κ3) is 4.91. The summed E-state index contributed by atoms with van der Waals surface area (Å²) in [7, 11) is -7.46. The van der Waals surface area contributed by atoms with Gasteiger partial charge in [-0.3, -0.25) is 0 Å². The van der Waals surface area contributed by atoms with Gasteiger partial charge >= 0.3 is 0 Å². The predicted octanol–water partition coefficient (Wildman–Crippen LogP) is 0.938. The van der Waals surface area contributed by atoms with Crippen molar-refractivity contribution in [2.45, 2.75) is 51.5 Å². The van der Waals surface area contributed by atoms with Gasteiger partial charge in [0.05, 0.1) is 0 Å². The first-order valence-electron chi connectivity index (χ1n) is 7.44. The summed E-state index contributed by atoms with van der Waals surface area (Å²) in [5.41, 5.74) is 5.30. The van der Waals surface area contributed by atoms with Crippen LogP contribution in [0, 0.1) is 5.92 Å². The standard InChI is InChI=1S/C13H28N2O4S2/c1-4-9-15(21(18,19)11-20(3,16)17)13(10-14)7-5-12(2)6-8-13/h12H,4-11,14H2,1-3H3. The van der Waals surface area contributed by atoms with Gasteiger partial charge in [-0.25, -0.2) is 16.8 Å². The van der Waals surface area contributed by atoms with Crippen molar-refractivity contribution in [1.29, 1.82) is 0 Å². The molecule has 0 aromatic heterocycles. The van der Waals surface area contributed by atoms with Gasteiger partial charge in [0.1, 0.15) is 0 Å². The van der Waals surface area contributed by atoms with Crippen LogP contribution in [-0.4, -0.2) is 51.1 Å². The number of sulfonamides is 1. The van der Waals surface area contributed by atoms with E-state index in [1.165, 1.54) is 4.31 Å². The molecule has 6 nitrogen and oxygen atoms in total. The van der Waals surface area contributed by atoms with E-state index in [-0.39, 0.29) is 6.54 Å². The van der Waals surface area contributed by atoms with E-state index in [2.05, 4.69) is 6.92 Å². The van der Waals surface area contributed by atoms with Crippen molar-refractivity contribution in [3.05, 3.63) is 0 Å². The van der Waals surface area contributed by atoms with Crippen LogP contribution < -0.4 is 5.73 Å². The van der Waals surface area contributed by atoms with Crippen LogP contribution in [0.1, 0.15) is 46.0 Å². The molecule has 1 rings (SSSR count). The molecule has 1 saturated carbocycles. The third-order valence-electron chi connectivity index (χ3n) is 4.24. The third-order valence-corrected chi connectivity index (χ3v) is 8.38. The zero-order valence-electron chi connectivity index (χ0n) is 13.2. The molecule has 2 N–H and O–H groups in total. The minimum absolute atomic E-state index is 0.239. The van der Waals surface area contributed by atoms with Crippen molar-refractivity contribution in [2.24, 2.45) is 11.7 Å². The van der Waals surface area contributed by atoms with Gasteiger partial charge in [-0.2, -0.15) is 4.31 Å². The second kappa shape index (κ2) is 6.93. The molecule has 21 heavy (non-hydrogen) atoms. The summed E-state index contributed by atoms with van der Waals surface area (Å²) in [5, 5.41) is -0.836. The van der Waals surface area contributed by atoms with Gasteiger partial charge in [-0.1, -0.05) is 13.8 Å². The summed E-state index contributed by atoms with van der Waals surface area (Å²) in [5.74, 6) is 0.561. The first-order valence-corrected chi connectivity index (χ1v) is 11.1. The van der Waals surface area contributed by atoms with Crippen molar-refractivity contribution in [3.63, 3.8) is 0 Å². The summed E-state index contributed by atoms with van der Waals surface area (Å²) in [6, 6.07) is 0. The molecule has 0 saturated heterocycles. The number of hydrogen-bond acceptors (Lipinski definition) is 5. The summed E-state index contributed by atoms with van der Waals surface area (Å²) >= 11 is 0. The van der Waals surface area contributed by atoms with Crippen LogP contribution in [-0.2, 0) is 19.9 Å². The maximum absolute atomic E-state index is 12.6. The van der Waals surface area contributed by atoms with Gasteiger partial charge in [0, 0.05) is 24.9 Å². The number of nitrogens with zero attached hydrogens (tertiary/aromatic N) is 1. The quantitative estimate of drug-likeness (QED) is 0.744. The lowest BCUT2D eigenvalue weighted by Gasteiger charge is -2.46. The highest BCUT2D eigenvalue weighted by atomic mass is 32.3. The molecule has 8 heteroatoms. The van der Waals surface area contributed by atoms with Gasteiger partial charge in [0.25, 0.3) is 0 Å². The molecular weight excluding hydrogens is 312 g/mol. The Kier molecular flexibility index (Phi) is 6.23. The number of nitrogens with two attached hydrogens (primary N) is 1. The van der Waals surface area contributed by atoms with Crippen molar-refractivity contribution >= 4 is 19.9 Å². The molecule has 0 amide bonds. The molecular formula is C13H28N2O4S2. The van der Waals surface area contributed by atoms with Crippen LogP contribution in [0.2, 0.25) is 0 Å². The lowest BCUT2D eigenvalue weighted by Crippen LogP contribution is -2.58. The highest BCUT2D eigenvalue weighted by Gasteiger charge is 2.44. The lowest BCUT2D eigenvalue weighted by atomic mass is 9.77. The van der Waals surface area contributed by atoms with Gasteiger partial charge in [-0.15, -0.1) is 0 Å². The summed E-state index contributed by atoms with van der Waals surface area (Å²) in [6.07, 6.45) is 4.84. The fourth-order valence-corrected chi connectivity index (χ4v) is 7.04. The average Bonchev–Trinajstić information content (AvgIpc) is 2.35. The lowest BCUT2D eigenvalue weighted by molar-refractivity contribution is 0.116. The van der Waals surface area contributed by atoms with Crippen molar-refractivity contribution < 1.29 is 16.8 Å². The van der Waals surface area contributed by atoms with E-state index < -0.39 is 30.5 Å². The van der Waals surface area contributed by atoms with E-state index in [0.717, 1.165) is 19.1 Å². The van der Waals surface area contributed by atoms with Crippen LogP contribution in [0.3, 0.4) is 0 Å². The zero-order valence-corrected chi connectivity index (χ0v) is 14.8. The molecule has 1 fully saturated rings. The van der Waals surface area contributed by atoms with E-state index in [4.69, 9.17) is 5.73 Å². The van der Waals surface area contributed by atoms with Gasteiger partial charge in [-0.05, 0) is 38.0 Å². The van der Waals surface area contributed by atoms with Crippen LogP contribution in [0.25, 0.3) is 0 Å². The average molecular weight is 341 g/mol. The Morgan fingerprint density at radius 2 is 1.71 bits per heavy atom. The fraction of sp³-hybridized carbons (Fsp3) is 1.00. The van der Waals surface area contributed by atoms with E-state index in [1.54, 1.807) is 0 Å². The number of rotatable bonds is 7. The maximum Gasteiger partial charge on any atom is 0.229 e. The molecule has 0 aliphatic heterocycles. The predicted molar refractivity (Wildman–Crippen MR) is 85.0 cm³/mol. The summed E-state index contributed by atoms with van der Waals surface area (Å²) < 4.78 is 49.4. The molecule has 0 bridgehead atoms. The first kappa shape index (κ1) is 18.9. The Morgan fingerprint density at radius 1 is 1.19 bits per heavy atom. The summed E-state index contributed by atoms with van der Waals surface area (Å²) in [6.45, 7) is 4.60. The molecule has 126 valence electrons. The van der Waals surface area contributed by atoms with Gasteiger partial charge < -0.3 is 5.73 Å². The molecule has 0 radical (unpaired) electrons. The molecule has 0 heterocycles. The van der Waals surface area contributed by atoms with Crippen molar-refractivity contribution in [1.82, 2.24) is 4.31 Å². The number of sulfone groups is 1. The van der Waals surface area contributed by atoms with E-state index in [9.17, 15) is 16.8 Å². The van der Waals surface area contributed by atoms with Gasteiger partial charge in [0.2, 0.25) is 10.0 Å². The molecule has 0 unspecified atom stereocenters. The highest BCUT2D eigenvalue weighted by molar-refractivity contribution is 8.06. The Morgan fingerprint density at radius 3 is 2.10 bits per heavy atom. The van der Waals surface area contributed by atoms with E-state index in [0.29, 0.717) is 31.7 Å². The molecule has 1 aliphatic carbocycles. The van der Waals surface area contributed by atoms with Crippen LogP contribution in [0.15, 0.2) is 0 Å². The SMILES string of the molecule is CCCN(C1(CN)CCC(C)CC1)S(=O)(=O)CS(C)(=O)=O. The Hall–Kier alpha value is -0.180. The highest BCUT2D eigenvalue weighted by Crippen LogP contribution is 2.37. The molecule has 0 aromatic carbocycles. The number of hydrogen-bond donors (Lipinski definition) is 1. The fourth-order valence-electron chi connectivity index (χ4n) is 3.06. The smallest absolute Gasteiger partial charge is 0.229 e. The molecule has 0 spiro atoms. The minimum atomic E-state index is -3.86. The van der Waals surface area contributed by atoms with Gasteiger partial charge in [0.15, 0.2) is 14.9 Å². The minimum Gasteiger partial charge on any atom is -0.329 e. The first-order chi connectivity index (χ1) is 9.56. The van der Waals surface area contributed by atoms with Crippen LogP contribution >= 0.6 is 0 Å². The van der Waals surface area contributed by atoms with E-state index in [1.807, 2.05) is 6.92 Å². The van der Waals surface area contributed by atoms with Crippen molar-refractivity contribution in [2.75, 3.05) is 24.4 Å². The monoisotopic (exact) mass is 340 g/mol. The Bertz CT molecular complexity index is 535. The zero-order chi connectivity index (χ0) is 16.3. The Labute approximate surface area is 129 Å². The molecule has 0 aromatic rings. The second-order valence-corrected chi connectivity index (χ2v) is 10.7. The maximum atomic E-state index is 12.6. The van der Waals surface area contributed by atoms with Crippen LogP contribution in [0.5, 0.6) is 0 Å².